The fourth-order valence-corrected chi connectivity index (χ4v) is 4.29. The summed E-state index contributed by atoms with van der Waals surface area (Å²) in [4.78, 5) is 17.6. The van der Waals surface area contributed by atoms with Gasteiger partial charge in [-0.3, -0.25) is 0 Å². The van der Waals surface area contributed by atoms with Crippen molar-refractivity contribution in [1.82, 2.24) is 19.5 Å². The topological polar surface area (TPSA) is 57.2 Å². The van der Waals surface area contributed by atoms with Crippen molar-refractivity contribution in [2.75, 3.05) is 0 Å². The predicted molar refractivity (Wildman–Crippen MR) is 138 cm³/mol. The molecule has 0 aliphatic rings. The molecule has 3 aromatic heterocycles. The first-order valence-corrected chi connectivity index (χ1v) is 11.6. The second-order valence-corrected chi connectivity index (χ2v) is 8.48. The first-order valence-electron chi connectivity index (χ1n) is 11.6. The molecule has 0 atom stereocenters. The normalized spacial score (nSPS) is 10.9. The lowest BCUT2D eigenvalue weighted by Gasteiger charge is -2.11. The highest BCUT2D eigenvalue weighted by molar-refractivity contribution is 5.80. The lowest BCUT2D eigenvalue weighted by Crippen LogP contribution is -2.05. The van der Waals surface area contributed by atoms with E-state index < -0.39 is 0 Å². The van der Waals surface area contributed by atoms with Gasteiger partial charge in [-0.1, -0.05) is 43.3 Å². The average molecular weight is 460 g/mol. The Labute approximate surface area is 204 Å². The van der Waals surface area contributed by atoms with Gasteiger partial charge in [0.1, 0.15) is 17.1 Å². The van der Waals surface area contributed by atoms with Crippen LogP contribution < -0.4 is 4.74 Å². The fourth-order valence-electron chi connectivity index (χ4n) is 4.29. The van der Waals surface area contributed by atoms with E-state index in [1.807, 2.05) is 25.1 Å². The SMILES string of the molecule is [C-]#[N+]c1ccc(Oc2ccccn2)cc1-c1ccc(Cn2c(CC)nc3c(C)cc(C)nc32)cc1. The van der Waals surface area contributed by atoms with Crippen molar-refractivity contribution in [3.63, 3.8) is 0 Å². The number of imidazole rings is 1. The zero-order valence-electron chi connectivity index (χ0n) is 20.0. The summed E-state index contributed by atoms with van der Waals surface area (Å²) in [5.41, 5.74) is 7.56. The zero-order chi connectivity index (χ0) is 24.4. The van der Waals surface area contributed by atoms with Crippen LogP contribution in [0.15, 0.2) is 72.9 Å². The molecule has 35 heavy (non-hydrogen) atoms. The molecule has 2 aromatic carbocycles. The Kier molecular flexibility index (Phi) is 5.99. The van der Waals surface area contributed by atoms with Crippen LogP contribution in [0.1, 0.15) is 29.6 Å². The molecule has 0 aliphatic heterocycles. The molecule has 6 heteroatoms. The number of hydrogen-bond donors (Lipinski definition) is 0. The highest BCUT2D eigenvalue weighted by atomic mass is 16.5. The fraction of sp³-hybridized carbons (Fsp3) is 0.172. The van der Waals surface area contributed by atoms with Crippen LogP contribution in [0.2, 0.25) is 0 Å². The van der Waals surface area contributed by atoms with Crippen molar-refractivity contribution >= 4 is 16.9 Å². The van der Waals surface area contributed by atoms with E-state index >= 15 is 0 Å². The Hall–Kier alpha value is -4.50. The number of hydrogen-bond acceptors (Lipinski definition) is 4. The van der Waals surface area contributed by atoms with E-state index in [-0.39, 0.29) is 0 Å². The van der Waals surface area contributed by atoms with Crippen molar-refractivity contribution in [2.24, 2.45) is 0 Å². The standard InChI is InChI=1S/C29H25N5O/c1-5-26-33-28-19(2)16-20(3)32-29(28)34(26)18-21-9-11-22(12-10-21)24-17-23(13-14-25(24)30-4)35-27-8-6-7-15-31-27/h6-17H,5,18H2,1-3H3. The number of rotatable bonds is 6. The molecule has 0 amide bonds. The minimum absolute atomic E-state index is 0.516. The van der Waals surface area contributed by atoms with E-state index in [2.05, 4.69) is 58.6 Å². The summed E-state index contributed by atoms with van der Waals surface area (Å²) >= 11 is 0. The minimum atomic E-state index is 0.516. The van der Waals surface area contributed by atoms with Crippen LogP contribution in [-0.2, 0) is 13.0 Å². The summed E-state index contributed by atoms with van der Waals surface area (Å²) in [6.45, 7) is 14.5. The van der Waals surface area contributed by atoms with Crippen LogP contribution in [0, 0.1) is 20.4 Å². The number of benzene rings is 2. The summed E-state index contributed by atoms with van der Waals surface area (Å²) in [6, 6.07) is 21.4. The van der Waals surface area contributed by atoms with Crippen LogP contribution in [0.25, 0.3) is 27.1 Å². The summed E-state index contributed by atoms with van der Waals surface area (Å²) in [6.07, 6.45) is 2.53. The van der Waals surface area contributed by atoms with Gasteiger partial charge in [-0.05, 0) is 60.4 Å². The van der Waals surface area contributed by atoms with Gasteiger partial charge in [0.25, 0.3) is 0 Å². The third kappa shape index (κ3) is 4.49. The monoisotopic (exact) mass is 459 g/mol. The average Bonchev–Trinajstić information content (AvgIpc) is 3.22. The number of nitrogens with zero attached hydrogens (tertiary/aromatic N) is 5. The van der Waals surface area contributed by atoms with E-state index in [4.69, 9.17) is 21.3 Å². The maximum absolute atomic E-state index is 7.61. The quantitative estimate of drug-likeness (QED) is 0.255. The molecule has 0 bridgehead atoms. The molecule has 0 fully saturated rings. The van der Waals surface area contributed by atoms with E-state index in [9.17, 15) is 0 Å². The van der Waals surface area contributed by atoms with Crippen LogP contribution in [0.3, 0.4) is 0 Å². The molecular weight excluding hydrogens is 434 g/mol. The van der Waals surface area contributed by atoms with Gasteiger partial charge in [0, 0.05) is 24.4 Å². The maximum Gasteiger partial charge on any atom is 0.219 e. The molecule has 0 unspecified atom stereocenters. The first-order chi connectivity index (χ1) is 17.1. The molecule has 5 rings (SSSR count). The molecule has 0 spiro atoms. The Morgan fingerprint density at radius 1 is 0.971 bits per heavy atom. The molecule has 0 saturated carbocycles. The van der Waals surface area contributed by atoms with Gasteiger partial charge in [0.15, 0.2) is 11.3 Å². The van der Waals surface area contributed by atoms with Crippen molar-refractivity contribution in [2.45, 2.75) is 33.7 Å². The number of aromatic nitrogens is 4. The van der Waals surface area contributed by atoms with Gasteiger partial charge in [0.2, 0.25) is 5.88 Å². The third-order valence-electron chi connectivity index (χ3n) is 5.97. The van der Waals surface area contributed by atoms with Gasteiger partial charge in [-0.25, -0.2) is 19.8 Å². The zero-order valence-corrected chi connectivity index (χ0v) is 20.0. The molecule has 172 valence electrons. The second kappa shape index (κ2) is 9.40. The van der Waals surface area contributed by atoms with Crippen LogP contribution >= 0.6 is 0 Å². The first kappa shape index (κ1) is 22.3. The van der Waals surface area contributed by atoms with Gasteiger partial charge in [-0.2, -0.15) is 0 Å². The molecule has 5 aromatic rings. The molecule has 0 aliphatic carbocycles. The van der Waals surface area contributed by atoms with Crippen LogP contribution in [0.5, 0.6) is 11.6 Å². The van der Waals surface area contributed by atoms with Crippen molar-refractivity contribution in [1.29, 1.82) is 0 Å². The van der Waals surface area contributed by atoms with Crippen LogP contribution in [-0.4, -0.2) is 19.5 Å². The molecular formula is C29H25N5O. The molecule has 3 heterocycles. The van der Waals surface area contributed by atoms with Gasteiger partial charge >= 0.3 is 0 Å². The van der Waals surface area contributed by atoms with Gasteiger partial charge < -0.3 is 9.30 Å². The third-order valence-corrected chi connectivity index (χ3v) is 5.97. The smallest absolute Gasteiger partial charge is 0.219 e. The van der Waals surface area contributed by atoms with Gasteiger partial charge in [0.05, 0.1) is 13.1 Å². The Morgan fingerprint density at radius 2 is 1.80 bits per heavy atom. The summed E-state index contributed by atoms with van der Waals surface area (Å²) in [7, 11) is 0. The van der Waals surface area contributed by atoms with Gasteiger partial charge in [-0.15, -0.1) is 0 Å². The molecule has 0 saturated heterocycles. The Balaban J connectivity index is 1.46. The van der Waals surface area contributed by atoms with Crippen molar-refractivity contribution in [3.05, 3.63) is 107 Å². The van der Waals surface area contributed by atoms with E-state index in [0.29, 0.717) is 23.9 Å². The predicted octanol–water partition coefficient (Wildman–Crippen LogP) is 7.06. The molecule has 0 N–H and O–H groups in total. The van der Waals surface area contributed by atoms with E-state index in [1.54, 1.807) is 24.4 Å². The molecule has 0 radical (unpaired) electrons. The number of pyridine rings is 2. The molecule has 6 nitrogen and oxygen atoms in total. The lowest BCUT2D eigenvalue weighted by molar-refractivity contribution is 0.463. The van der Waals surface area contributed by atoms with Crippen molar-refractivity contribution in [3.8, 4) is 22.8 Å². The van der Waals surface area contributed by atoms with E-state index in [1.165, 1.54) is 0 Å². The largest absolute Gasteiger partial charge is 0.439 e. The second-order valence-electron chi connectivity index (χ2n) is 8.48. The minimum Gasteiger partial charge on any atom is -0.439 e. The Morgan fingerprint density at radius 3 is 2.51 bits per heavy atom. The summed E-state index contributed by atoms with van der Waals surface area (Å²) in [5.74, 6) is 2.19. The Bertz CT molecular complexity index is 1550. The summed E-state index contributed by atoms with van der Waals surface area (Å²) < 4.78 is 8.09. The highest BCUT2D eigenvalue weighted by Crippen LogP contribution is 2.35. The number of fused-ring (bicyclic) bond motifs is 1. The highest BCUT2D eigenvalue weighted by Gasteiger charge is 2.14. The number of aryl methyl sites for hydroxylation is 3. The van der Waals surface area contributed by atoms with E-state index in [0.717, 1.165) is 51.4 Å². The lowest BCUT2D eigenvalue weighted by atomic mass is 10.0. The summed E-state index contributed by atoms with van der Waals surface area (Å²) in [5, 5.41) is 0. The van der Waals surface area contributed by atoms with Crippen molar-refractivity contribution < 1.29 is 4.74 Å². The maximum atomic E-state index is 7.61. The number of ether oxygens (including phenoxy) is 1. The van der Waals surface area contributed by atoms with Crippen LogP contribution in [0.4, 0.5) is 5.69 Å².